The van der Waals surface area contributed by atoms with E-state index in [2.05, 4.69) is 61.2 Å². The molecule has 4 nitrogen and oxygen atoms in total. The van der Waals surface area contributed by atoms with Gasteiger partial charge in [0.2, 0.25) is 0 Å². The largest absolute Gasteiger partial charge is 0.368 e. The lowest BCUT2D eigenvalue weighted by molar-refractivity contribution is 0.313. The standard InChI is InChI=1S/C14H17BrN4/c1-18-4-6-19(7-5-18)14-3-2-12(15)8-13(14)11-9-16-17-10-11/h2-3,8-10H,4-7H2,1H3,(H,16,17). The van der Waals surface area contributed by atoms with Crippen molar-refractivity contribution in [1.29, 1.82) is 0 Å². The van der Waals surface area contributed by atoms with Gasteiger partial charge in [0.05, 0.1) is 6.20 Å². The van der Waals surface area contributed by atoms with Gasteiger partial charge in [-0.3, -0.25) is 5.10 Å². The normalized spacial score (nSPS) is 16.8. The number of H-pyrrole nitrogens is 1. The molecule has 0 aliphatic carbocycles. The van der Waals surface area contributed by atoms with Crippen LogP contribution < -0.4 is 4.90 Å². The van der Waals surface area contributed by atoms with Gasteiger partial charge >= 0.3 is 0 Å². The van der Waals surface area contributed by atoms with Crippen LogP contribution >= 0.6 is 15.9 Å². The zero-order chi connectivity index (χ0) is 13.2. The quantitative estimate of drug-likeness (QED) is 0.923. The molecular formula is C14H17BrN4. The van der Waals surface area contributed by atoms with Gasteiger partial charge in [-0.15, -0.1) is 0 Å². The fourth-order valence-electron chi connectivity index (χ4n) is 2.46. The number of halogens is 1. The predicted molar refractivity (Wildman–Crippen MR) is 81.4 cm³/mol. The molecule has 1 aliphatic rings. The van der Waals surface area contributed by atoms with Crippen LogP contribution in [0.25, 0.3) is 11.1 Å². The van der Waals surface area contributed by atoms with Crippen molar-refractivity contribution in [2.24, 2.45) is 0 Å². The van der Waals surface area contributed by atoms with Crippen LogP contribution in [0.5, 0.6) is 0 Å². The zero-order valence-corrected chi connectivity index (χ0v) is 12.5. The highest BCUT2D eigenvalue weighted by Gasteiger charge is 2.18. The molecule has 1 saturated heterocycles. The van der Waals surface area contributed by atoms with E-state index in [4.69, 9.17) is 0 Å². The summed E-state index contributed by atoms with van der Waals surface area (Å²) in [6.07, 6.45) is 3.82. The highest BCUT2D eigenvalue weighted by atomic mass is 79.9. The SMILES string of the molecule is CN1CCN(c2ccc(Br)cc2-c2cn[nH]c2)CC1. The van der Waals surface area contributed by atoms with Gasteiger partial charge in [0.25, 0.3) is 0 Å². The summed E-state index contributed by atoms with van der Waals surface area (Å²) in [7, 11) is 2.18. The van der Waals surface area contributed by atoms with E-state index < -0.39 is 0 Å². The summed E-state index contributed by atoms with van der Waals surface area (Å²) in [6, 6.07) is 6.47. The van der Waals surface area contributed by atoms with Gasteiger partial charge in [0.15, 0.2) is 0 Å². The fourth-order valence-corrected chi connectivity index (χ4v) is 2.82. The summed E-state index contributed by atoms with van der Waals surface area (Å²) >= 11 is 3.56. The summed E-state index contributed by atoms with van der Waals surface area (Å²) < 4.78 is 1.10. The maximum absolute atomic E-state index is 4.06. The molecule has 3 rings (SSSR count). The molecule has 1 N–H and O–H groups in total. The van der Waals surface area contributed by atoms with E-state index in [9.17, 15) is 0 Å². The van der Waals surface area contributed by atoms with E-state index in [1.54, 1.807) is 0 Å². The molecule has 1 aliphatic heterocycles. The van der Waals surface area contributed by atoms with Gasteiger partial charge in [-0.25, -0.2) is 0 Å². The second kappa shape index (κ2) is 5.35. The lowest BCUT2D eigenvalue weighted by atomic mass is 10.1. The van der Waals surface area contributed by atoms with Crippen LogP contribution in [-0.4, -0.2) is 48.3 Å². The van der Waals surface area contributed by atoms with Gasteiger partial charge in [-0.05, 0) is 25.2 Å². The van der Waals surface area contributed by atoms with Gasteiger partial charge < -0.3 is 9.80 Å². The smallest absolute Gasteiger partial charge is 0.0566 e. The first kappa shape index (κ1) is 12.7. The third kappa shape index (κ3) is 2.67. The molecule has 0 amide bonds. The van der Waals surface area contributed by atoms with E-state index in [0.29, 0.717) is 0 Å². The Morgan fingerprint density at radius 3 is 2.68 bits per heavy atom. The van der Waals surface area contributed by atoms with Crippen molar-refractivity contribution in [1.82, 2.24) is 15.1 Å². The van der Waals surface area contributed by atoms with Crippen molar-refractivity contribution < 1.29 is 0 Å². The summed E-state index contributed by atoms with van der Waals surface area (Å²) in [5.41, 5.74) is 3.65. The number of nitrogens with one attached hydrogen (secondary N) is 1. The van der Waals surface area contributed by atoms with Crippen LogP contribution in [0.3, 0.4) is 0 Å². The minimum atomic E-state index is 1.07. The number of anilines is 1. The van der Waals surface area contributed by atoms with E-state index in [1.165, 1.54) is 11.3 Å². The second-order valence-corrected chi connectivity index (χ2v) is 5.85. The fraction of sp³-hybridized carbons (Fsp3) is 0.357. The third-order valence-corrected chi connectivity index (χ3v) is 4.11. The lowest BCUT2D eigenvalue weighted by Gasteiger charge is -2.35. The molecule has 19 heavy (non-hydrogen) atoms. The molecule has 0 bridgehead atoms. The summed E-state index contributed by atoms with van der Waals surface area (Å²) in [4.78, 5) is 4.82. The second-order valence-electron chi connectivity index (χ2n) is 4.94. The first-order valence-corrected chi connectivity index (χ1v) is 7.25. The third-order valence-electron chi connectivity index (χ3n) is 3.61. The van der Waals surface area contributed by atoms with E-state index in [0.717, 1.165) is 36.2 Å². The number of nitrogens with zero attached hydrogens (tertiary/aromatic N) is 3. The number of aromatic amines is 1. The number of benzene rings is 1. The average molecular weight is 321 g/mol. The van der Waals surface area contributed by atoms with Crippen LogP contribution in [0.1, 0.15) is 0 Å². The molecule has 2 aromatic rings. The Balaban J connectivity index is 1.97. The van der Waals surface area contributed by atoms with Crippen LogP contribution in [0.4, 0.5) is 5.69 Å². The Kier molecular flexibility index (Phi) is 3.57. The highest BCUT2D eigenvalue weighted by molar-refractivity contribution is 9.10. The number of piperazine rings is 1. The number of hydrogen-bond donors (Lipinski definition) is 1. The van der Waals surface area contributed by atoms with Crippen molar-refractivity contribution in [3.8, 4) is 11.1 Å². The molecule has 0 saturated carbocycles. The van der Waals surface area contributed by atoms with E-state index in [-0.39, 0.29) is 0 Å². The molecule has 1 aromatic carbocycles. The van der Waals surface area contributed by atoms with Gasteiger partial charge in [0, 0.05) is 53.7 Å². The molecular weight excluding hydrogens is 304 g/mol. The first-order chi connectivity index (χ1) is 9.24. The van der Waals surface area contributed by atoms with Crippen LogP contribution in [0, 0.1) is 0 Å². The maximum Gasteiger partial charge on any atom is 0.0566 e. The van der Waals surface area contributed by atoms with Gasteiger partial charge in [0.1, 0.15) is 0 Å². The summed E-state index contributed by atoms with van der Waals surface area (Å²) in [6.45, 7) is 4.37. The monoisotopic (exact) mass is 320 g/mol. The van der Waals surface area contributed by atoms with Gasteiger partial charge in [-0.1, -0.05) is 15.9 Å². The Morgan fingerprint density at radius 1 is 1.21 bits per heavy atom. The number of aromatic nitrogens is 2. The minimum Gasteiger partial charge on any atom is -0.368 e. The summed E-state index contributed by atoms with van der Waals surface area (Å²) in [5.74, 6) is 0. The minimum absolute atomic E-state index is 1.07. The zero-order valence-electron chi connectivity index (χ0n) is 10.9. The van der Waals surface area contributed by atoms with Gasteiger partial charge in [-0.2, -0.15) is 5.10 Å². The maximum atomic E-state index is 4.06. The molecule has 100 valence electrons. The molecule has 2 heterocycles. The Bertz CT molecular complexity index is 545. The highest BCUT2D eigenvalue weighted by Crippen LogP contribution is 2.33. The van der Waals surface area contributed by atoms with Crippen LogP contribution in [-0.2, 0) is 0 Å². The van der Waals surface area contributed by atoms with Crippen molar-refractivity contribution in [3.05, 3.63) is 35.1 Å². The number of hydrogen-bond acceptors (Lipinski definition) is 3. The molecule has 0 spiro atoms. The Labute approximate surface area is 121 Å². The van der Waals surface area contributed by atoms with Crippen LogP contribution in [0.15, 0.2) is 35.1 Å². The Morgan fingerprint density at radius 2 is 2.00 bits per heavy atom. The number of likely N-dealkylation sites (N-methyl/N-ethyl adjacent to an activating group) is 1. The first-order valence-electron chi connectivity index (χ1n) is 6.46. The van der Waals surface area contributed by atoms with Crippen LogP contribution in [0.2, 0.25) is 0 Å². The predicted octanol–water partition coefficient (Wildman–Crippen LogP) is 2.59. The number of rotatable bonds is 2. The average Bonchev–Trinajstić information content (AvgIpc) is 2.94. The van der Waals surface area contributed by atoms with Crippen molar-refractivity contribution in [2.75, 3.05) is 38.1 Å². The van der Waals surface area contributed by atoms with Crippen molar-refractivity contribution in [3.63, 3.8) is 0 Å². The molecule has 1 aromatic heterocycles. The molecule has 0 atom stereocenters. The lowest BCUT2D eigenvalue weighted by Crippen LogP contribution is -2.44. The molecule has 0 radical (unpaired) electrons. The summed E-state index contributed by atoms with van der Waals surface area (Å²) in [5, 5.41) is 6.95. The van der Waals surface area contributed by atoms with E-state index in [1.807, 2.05) is 12.4 Å². The molecule has 5 heteroatoms. The molecule has 0 unspecified atom stereocenters. The van der Waals surface area contributed by atoms with Crippen molar-refractivity contribution >= 4 is 21.6 Å². The topological polar surface area (TPSA) is 35.2 Å². The van der Waals surface area contributed by atoms with E-state index >= 15 is 0 Å². The molecule has 1 fully saturated rings. The Hall–Kier alpha value is -1.33. The van der Waals surface area contributed by atoms with Crippen molar-refractivity contribution in [2.45, 2.75) is 0 Å².